The summed E-state index contributed by atoms with van der Waals surface area (Å²) < 4.78 is 40.8. The fourth-order valence-electron chi connectivity index (χ4n) is 3.11. The summed E-state index contributed by atoms with van der Waals surface area (Å²) in [6, 6.07) is 17.7. The van der Waals surface area contributed by atoms with Crippen molar-refractivity contribution >= 4 is 39.1 Å². The fraction of sp³-hybridized carbons (Fsp3) is 0.125. The van der Waals surface area contributed by atoms with Crippen LogP contribution in [0.1, 0.15) is 10.4 Å². The number of rotatable bonds is 9. The van der Waals surface area contributed by atoms with Gasteiger partial charge in [-0.1, -0.05) is 18.2 Å². The van der Waals surface area contributed by atoms with Crippen molar-refractivity contribution in [3.63, 3.8) is 0 Å². The van der Waals surface area contributed by atoms with Crippen LogP contribution in [0.25, 0.3) is 11.0 Å². The molecule has 1 aromatic heterocycles. The lowest BCUT2D eigenvalue weighted by atomic mass is 10.2. The van der Waals surface area contributed by atoms with Crippen molar-refractivity contribution in [1.29, 1.82) is 0 Å². The van der Waals surface area contributed by atoms with Gasteiger partial charge in [0.1, 0.15) is 16.4 Å². The predicted octanol–water partition coefficient (Wildman–Crippen LogP) is 3.32. The van der Waals surface area contributed by atoms with E-state index < -0.39 is 22.1 Å². The van der Waals surface area contributed by atoms with Crippen molar-refractivity contribution in [1.82, 2.24) is 15.3 Å². The minimum atomic E-state index is -4.17. The van der Waals surface area contributed by atoms with Gasteiger partial charge in [0.2, 0.25) is 5.95 Å². The average molecular weight is 511 g/mol. The summed E-state index contributed by atoms with van der Waals surface area (Å²) in [4.78, 5) is 31.0. The Hall–Kier alpha value is -4.42. The molecular formula is C24H22N4O7S. The van der Waals surface area contributed by atoms with E-state index in [1.807, 2.05) is 0 Å². The lowest BCUT2D eigenvalue weighted by Gasteiger charge is -2.08. The number of imidazole rings is 1. The molecule has 4 rings (SSSR count). The third-order valence-corrected chi connectivity index (χ3v) is 6.08. The highest BCUT2D eigenvalue weighted by molar-refractivity contribution is 7.87. The molecule has 11 nitrogen and oxygen atoms in total. The summed E-state index contributed by atoms with van der Waals surface area (Å²) in [5.41, 5.74) is 1.33. The van der Waals surface area contributed by atoms with Gasteiger partial charge < -0.3 is 24.0 Å². The Balaban J connectivity index is 1.41. The molecule has 0 bridgehead atoms. The van der Waals surface area contributed by atoms with Crippen molar-refractivity contribution in [2.45, 2.75) is 4.90 Å². The van der Waals surface area contributed by atoms with Crippen molar-refractivity contribution in [3.05, 3.63) is 78.4 Å². The number of urea groups is 1. The minimum absolute atomic E-state index is 0.0434. The highest BCUT2D eigenvalue weighted by atomic mass is 32.2. The lowest BCUT2D eigenvalue weighted by Crippen LogP contribution is -2.31. The number of nitrogens with zero attached hydrogens (tertiary/aromatic N) is 1. The molecule has 3 N–H and O–H groups in total. The monoisotopic (exact) mass is 510 g/mol. The van der Waals surface area contributed by atoms with Gasteiger partial charge in [0.05, 0.1) is 23.2 Å². The van der Waals surface area contributed by atoms with Gasteiger partial charge in [-0.25, -0.2) is 14.6 Å². The number of ether oxygens (including phenoxy) is 2. The van der Waals surface area contributed by atoms with E-state index in [1.54, 1.807) is 36.4 Å². The number of aromatic nitrogens is 2. The number of methoxy groups -OCH3 is 1. The number of fused-ring (bicyclic) bond motifs is 1. The zero-order valence-electron chi connectivity index (χ0n) is 19.1. The molecule has 36 heavy (non-hydrogen) atoms. The molecule has 186 valence electrons. The zero-order valence-corrected chi connectivity index (χ0v) is 19.9. The molecule has 0 spiro atoms. The highest BCUT2D eigenvalue weighted by Gasteiger charge is 2.18. The number of hydrogen-bond donors (Lipinski definition) is 3. The number of H-pyrrole nitrogens is 1. The zero-order chi connectivity index (χ0) is 25.5. The van der Waals surface area contributed by atoms with Crippen molar-refractivity contribution in [2.75, 3.05) is 25.6 Å². The van der Waals surface area contributed by atoms with Crippen LogP contribution < -0.4 is 19.6 Å². The summed E-state index contributed by atoms with van der Waals surface area (Å²) in [6.45, 7) is 0.694. The minimum Gasteiger partial charge on any atom is -0.423 e. The number of aromatic amines is 1. The summed E-state index contributed by atoms with van der Waals surface area (Å²) in [6.07, 6.45) is 0. The lowest BCUT2D eigenvalue weighted by molar-refractivity contribution is 0.0734. The molecule has 0 aliphatic rings. The van der Waals surface area contributed by atoms with E-state index >= 15 is 0 Å². The van der Waals surface area contributed by atoms with Gasteiger partial charge in [-0.3, -0.25) is 5.32 Å². The standard InChI is InChI=1S/C24H22N4O7S/c1-33-14-13-25-24(30)28-23-26-20-12-9-18(15-21(20)27-23)35-36(31,32)19-10-7-17(8-11-19)34-22(29)16-5-3-2-4-6-16/h2-12,15H,13-14H2,1H3,(H3,25,26,27,28,30). The molecule has 0 saturated heterocycles. The Morgan fingerprint density at radius 2 is 1.69 bits per heavy atom. The number of amides is 2. The first kappa shape index (κ1) is 24.7. The third-order valence-electron chi connectivity index (χ3n) is 4.82. The summed E-state index contributed by atoms with van der Waals surface area (Å²) in [5, 5.41) is 5.14. The number of esters is 1. The summed E-state index contributed by atoms with van der Waals surface area (Å²) in [5.74, 6) is -0.146. The fourth-order valence-corrected chi connectivity index (χ4v) is 4.03. The first-order valence-electron chi connectivity index (χ1n) is 10.7. The maximum Gasteiger partial charge on any atom is 0.343 e. The second-order valence-electron chi connectivity index (χ2n) is 7.40. The number of anilines is 1. The molecule has 0 aliphatic heterocycles. The molecule has 3 aromatic carbocycles. The van der Waals surface area contributed by atoms with Crippen LogP contribution in [0.4, 0.5) is 10.7 Å². The molecule has 2 amide bonds. The van der Waals surface area contributed by atoms with E-state index in [1.165, 1.54) is 43.5 Å². The molecule has 0 saturated carbocycles. The Morgan fingerprint density at radius 1 is 0.972 bits per heavy atom. The Morgan fingerprint density at radius 3 is 2.42 bits per heavy atom. The van der Waals surface area contributed by atoms with Crippen LogP contribution in [0.3, 0.4) is 0 Å². The molecular weight excluding hydrogens is 488 g/mol. The van der Waals surface area contributed by atoms with E-state index in [0.29, 0.717) is 29.7 Å². The first-order chi connectivity index (χ1) is 17.3. The van der Waals surface area contributed by atoms with Crippen LogP contribution in [-0.2, 0) is 14.9 Å². The predicted molar refractivity (Wildman–Crippen MR) is 131 cm³/mol. The molecule has 12 heteroatoms. The SMILES string of the molecule is COCCNC(=O)Nc1nc2ccc(OS(=O)(=O)c3ccc(OC(=O)c4ccccc4)cc3)cc2[nH]1. The van der Waals surface area contributed by atoms with Crippen molar-refractivity contribution in [2.24, 2.45) is 0 Å². The van der Waals surface area contributed by atoms with E-state index in [9.17, 15) is 18.0 Å². The third kappa shape index (κ3) is 6.17. The van der Waals surface area contributed by atoms with E-state index in [4.69, 9.17) is 13.7 Å². The van der Waals surface area contributed by atoms with Crippen LogP contribution in [0.2, 0.25) is 0 Å². The Labute approximate surface area is 206 Å². The summed E-state index contributed by atoms with van der Waals surface area (Å²) >= 11 is 0. The average Bonchev–Trinajstić information content (AvgIpc) is 3.26. The van der Waals surface area contributed by atoms with Gasteiger partial charge in [-0.15, -0.1) is 0 Å². The normalized spacial score (nSPS) is 11.1. The van der Waals surface area contributed by atoms with Gasteiger partial charge in [-0.05, 0) is 48.5 Å². The topological polar surface area (TPSA) is 149 Å². The maximum atomic E-state index is 12.7. The van der Waals surface area contributed by atoms with Crippen LogP contribution in [0.5, 0.6) is 11.5 Å². The van der Waals surface area contributed by atoms with E-state index in [2.05, 4.69) is 20.6 Å². The smallest absolute Gasteiger partial charge is 0.343 e. The van der Waals surface area contributed by atoms with Crippen molar-refractivity contribution < 1.29 is 31.7 Å². The highest BCUT2D eigenvalue weighted by Crippen LogP contribution is 2.25. The van der Waals surface area contributed by atoms with Gasteiger partial charge in [0.25, 0.3) is 0 Å². The molecule has 0 radical (unpaired) electrons. The molecule has 0 atom stereocenters. The maximum absolute atomic E-state index is 12.7. The quantitative estimate of drug-likeness (QED) is 0.134. The molecule has 0 fully saturated rings. The molecule has 1 heterocycles. The van der Waals surface area contributed by atoms with E-state index in [0.717, 1.165) is 0 Å². The molecule has 0 aliphatic carbocycles. The Kier molecular flexibility index (Phi) is 7.47. The number of carbonyl (C=O) groups excluding carboxylic acids is 2. The van der Waals surface area contributed by atoms with Crippen LogP contribution in [0, 0.1) is 0 Å². The van der Waals surface area contributed by atoms with Crippen molar-refractivity contribution in [3.8, 4) is 11.5 Å². The number of hydrogen-bond acceptors (Lipinski definition) is 8. The van der Waals surface area contributed by atoms with Gasteiger partial charge >= 0.3 is 22.1 Å². The second kappa shape index (κ2) is 10.9. The number of benzene rings is 3. The van der Waals surface area contributed by atoms with Crippen LogP contribution in [-0.4, -0.2) is 50.6 Å². The Bertz CT molecular complexity index is 1470. The number of nitrogens with one attached hydrogen (secondary N) is 3. The largest absolute Gasteiger partial charge is 0.423 e. The molecule has 0 unspecified atom stereocenters. The number of carbonyl (C=O) groups is 2. The van der Waals surface area contributed by atoms with Gasteiger partial charge in [0, 0.05) is 19.7 Å². The molecule has 4 aromatic rings. The van der Waals surface area contributed by atoms with Gasteiger partial charge in [0.15, 0.2) is 0 Å². The second-order valence-corrected chi connectivity index (χ2v) is 8.95. The first-order valence-corrected chi connectivity index (χ1v) is 12.1. The van der Waals surface area contributed by atoms with Gasteiger partial charge in [-0.2, -0.15) is 8.42 Å². The van der Waals surface area contributed by atoms with Crippen LogP contribution in [0.15, 0.2) is 77.7 Å². The summed E-state index contributed by atoms with van der Waals surface area (Å²) in [7, 11) is -2.65. The van der Waals surface area contributed by atoms with E-state index in [-0.39, 0.29) is 22.3 Å². The van der Waals surface area contributed by atoms with Crippen LogP contribution >= 0.6 is 0 Å².